The quantitative estimate of drug-likeness (QED) is 0.416. The molecule has 0 atom stereocenters. The number of rotatable bonds is 4. The molecule has 8 heteroatoms. The van der Waals surface area contributed by atoms with Crippen LogP contribution in [-0.2, 0) is 0 Å². The van der Waals surface area contributed by atoms with E-state index in [1.165, 1.54) is 12.1 Å². The number of nitrogens with one attached hydrogen (secondary N) is 3. The number of nitrogen functional groups attached to an aromatic ring is 2. The summed E-state index contributed by atoms with van der Waals surface area (Å²) in [5, 5.41) is 2.77. The number of hydrogen-bond acceptors (Lipinski definition) is 7. The molecule has 0 saturated carbocycles. The van der Waals surface area contributed by atoms with E-state index in [1.807, 2.05) is 6.92 Å². The third-order valence-corrected chi connectivity index (χ3v) is 2.39. The maximum absolute atomic E-state index is 13.6. The van der Waals surface area contributed by atoms with Gasteiger partial charge < -0.3 is 16.2 Å². The van der Waals surface area contributed by atoms with Gasteiger partial charge >= 0.3 is 0 Å². The van der Waals surface area contributed by atoms with Crippen LogP contribution in [0.4, 0.5) is 27.7 Å². The van der Waals surface area contributed by atoms with Gasteiger partial charge in [0.2, 0.25) is 5.95 Å². The van der Waals surface area contributed by atoms with Crippen LogP contribution >= 0.6 is 0 Å². The average Bonchev–Trinajstić information content (AvgIpc) is 2.42. The van der Waals surface area contributed by atoms with E-state index in [0.29, 0.717) is 11.6 Å². The fraction of sp³-hybridized carbons (Fsp3) is 0.0909. The molecule has 2 aromatic rings. The van der Waals surface area contributed by atoms with Gasteiger partial charge in [-0.15, -0.1) is 0 Å². The van der Waals surface area contributed by atoms with Crippen LogP contribution < -0.4 is 27.9 Å². The molecule has 0 aliphatic heterocycles. The zero-order valence-corrected chi connectivity index (χ0v) is 10.2. The predicted octanol–water partition coefficient (Wildman–Crippen LogP) is 1.24. The van der Waals surface area contributed by atoms with Crippen LogP contribution in [0.3, 0.4) is 0 Å². The van der Waals surface area contributed by atoms with Crippen LogP contribution in [0.25, 0.3) is 0 Å². The second-order valence-corrected chi connectivity index (χ2v) is 3.86. The fourth-order valence-electron chi connectivity index (χ4n) is 1.51. The first kappa shape index (κ1) is 13.0. The molecular weight excluding hydrogens is 249 g/mol. The summed E-state index contributed by atoms with van der Waals surface area (Å²) in [4.78, 5) is 8.09. The highest BCUT2D eigenvalue weighted by Crippen LogP contribution is 2.21. The molecule has 7 nitrogen and oxygen atoms in total. The molecule has 2 rings (SSSR count). The molecule has 1 aromatic carbocycles. The maximum atomic E-state index is 13.6. The topological polar surface area (TPSA) is 114 Å². The van der Waals surface area contributed by atoms with Crippen LogP contribution in [-0.4, -0.2) is 9.97 Å². The minimum Gasteiger partial charge on any atom is -0.322 e. The lowest BCUT2D eigenvalue weighted by atomic mass is 10.2. The van der Waals surface area contributed by atoms with Crippen molar-refractivity contribution in [1.29, 1.82) is 0 Å². The van der Waals surface area contributed by atoms with E-state index >= 15 is 0 Å². The number of nitrogens with two attached hydrogens (primary N) is 2. The molecule has 0 spiro atoms. The molecule has 0 amide bonds. The lowest BCUT2D eigenvalue weighted by Gasteiger charge is -2.10. The first-order chi connectivity index (χ1) is 9.12. The van der Waals surface area contributed by atoms with Gasteiger partial charge in [-0.25, -0.2) is 16.1 Å². The van der Waals surface area contributed by atoms with Crippen LogP contribution in [0.15, 0.2) is 24.3 Å². The number of aromatic nitrogens is 2. The van der Waals surface area contributed by atoms with Crippen molar-refractivity contribution in [3.05, 3.63) is 35.6 Å². The van der Waals surface area contributed by atoms with Crippen molar-refractivity contribution in [3.63, 3.8) is 0 Å². The van der Waals surface area contributed by atoms with Crippen molar-refractivity contribution in [1.82, 2.24) is 9.97 Å². The molecule has 0 radical (unpaired) electrons. The van der Waals surface area contributed by atoms with Gasteiger partial charge in [0.05, 0.1) is 5.69 Å². The zero-order valence-electron chi connectivity index (χ0n) is 10.2. The third-order valence-electron chi connectivity index (χ3n) is 2.39. The number of anilines is 4. The molecule has 19 heavy (non-hydrogen) atoms. The van der Waals surface area contributed by atoms with Gasteiger partial charge in [-0.2, -0.15) is 9.97 Å². The molecule has 0 bridgehead atoms. The molecule has 0 unspecified atom stereocenters. The summed E-state index contributed by atoms with van der Waals surface area (Å²) in [6, 6.07) is 6.20. The molecule has 1 heterocycles. The Balaban J connectivity index is 2.34. The van der Waals surface area contributed by atoms with Crippen molar-refractivity contribution < 1.29 is 4.39 Å². The van der Waals surface area contributed by atoms with Crippen molar-refractivity contribution in [3.8, 4) is 0 Å². The largest absolute Gasteiger partial charge is 0.322 e. The summed E-state index contributed by atoms with van der Waals surface area (Å²) in [7, 11) is 0. The van der Waals surface area contributed by atoms with Gasteiger partial charge in [-0.1, -0.05) is 6.07 Å². The molecule has 7 N–H and O–H groups in total. The minimum absolute atomic E-state index is 0.174. The Labute approximate surface area is 109 Å². The Bertz CT molecular complexity index is 565. The molecule has 1 aromatic heterocycles. The van der Waals surface area contributed by atoms with Gasteiger partial charge in [-0.3, -0.25) is 0 Å². The molecule has 100 valence electrons. The molecular formula is C11H14FN7. The van der Waals surface area contributed by atoms with Gasteiger partial charge in [0.15, 0.2) is 0 Å². The number of aryl methyl sites for hydroxylation is 1. The average molecular weight is 263 g/mol. The van der Waals surface area contributed by atoms with E-state index in [2.05, 4.69) is 26.1 Å². The Morgan fingerprint density at radius 3 is 2.26 bits per heavy atom. The standard InChI is InChI=1S/C11H14FN7/c1-6-2-3-7(12)8(4-6)15-11-16-9(18-13)5-10(17-11)19-14/h2-5H,13-14H2,1H3,(H3,15,16,17,18,19). The lowest BCUT2D eigenvalue weighted by molar-refractivity contribution is 0.631. The van der Waals surface area contributed by atoms with Gasteiger partial charge in [0.25, 0.3) is 0 Å². The van der Waals surface area contributed by atoms with Gasteiger partial charge in [0.1, 0.15) is 17.5 Å². The summed E-state index contributed by atoms with van der Waals surface area (Å²) in [5.41, 5.74) is 5.93. The minimum atomic E-state index is -0.400. The first-order valence-electron chi connectivity index (χ1n) is 5.48. The summed E-state index contributed by atoms with van der Waals surface area (Å²) in [6.07, 6.45) is 0. The number of hydrazine groups is 2. The summed E-state index contributed by atoms with van der Waals surface area (Å²) >= 11 is 0. The second kappa shape index (κ2) is 5.46. The lowest BCUT2D eigenvalue weighted by Crippen LogP contribution is -2.14. The Hall–Kier alpha value is -2.45. The van der Waals surface area contributed by atoms with Crippen LogP contribution in [0.1, 0.15) is 5.56 Å². The van der Waals surface area contributed by atoms with Crippen molar-refractivity contribution in [2.45, 2.75) is 6.92 Å². The highest BCUT2D eigenvalue weighted by Gasteiger charge is 2.07. The van der Waals surface area contributed by atoms with E-state index in [0.717, 1.165) is 5.56 Å². The fourth-order valence-corrected chi connectivity index (χ4v) is 1.51. The Morgan fingerprint density at radius 2 is 1.68 bits per heavy atom. The van der Waals surface area contributed by atoms with Crippen LogP contribution in [0.5, 0.6) is 0 Å². The van der Waals surface area contributed by atoms with E-state index in [9.17, 15) is 4.39 Å². The molecule has 0 fully saturated rings. The highest BCUT2D eigenvalue weighted by molar-refractivity contribution is 5.59. The predicted molar refractivity (Wildman–Crippen MR) is 72.1 cm³/mol. The summed E-state index contributed by atoms with van der Waals surface area (Å²) in [5.74, 6) is 11.0. The summed E-state index contributed by atoms with van der Waals surface area (Å²) in [6.45, 7) is 1.86. The molecule has 0 saturated heterocycles. The van der Waals surface area contributed by atoms with Crippen LogP contribution in [0.2, 0.25) is 0 Å². The SMILES string of the molecule is Cc1ccc(F)c(Nc2nc(NN)cc(NN)n2)c1. The molecule has 0 aliphatic carbocycles. The van der Waals surface area contributed by atoms with E-state index in [4.69, 9.17) is 11.7 Å². The number of halogens is 1. The number of hydrogen-bond donors (Lipinski definition) is 5. The van der Waals surface area contributed by atoms with Crippen molar-refractivity contribution in [2.24, 2.45) is 11.7 Å². The van der Waals surface area contributed by atoms with E-state index in [-0.39, 0.29) is 11.6 Å². The van der Waals surface area contributed by atoms with Gasteiger partial charge in [0, 0.05) is 6.07 Å². The third kappa shape index (κ3) is 3.06. The monoisotopic (exact) mass is 263 g/mol. The summed E-state index contributed by atoms with van der Waals surface area (Å²) < 4.78 is 13.6. The van der Waals surface area contributed by atoms with E-state index in [1.54, 1.807) is 12.1 Å². The first-order valence-corrected chi connectivity index (χ1v) is 5.48. The smallest absolute Gasteiger partial charge is 0.231 e. The highest BCUT2D eigenvalue weighted by atomic mass is 19.1. The zero-order chi connectivity index (χ0) is 13.8. The second-order valence-electron chi connectivity index (χ2n) is 3.86. The normalized spacial score (nSPS) is 10.1. The Kier molecular flexibility index (Phi) is 3.74. The number of nitrogens with zero attached hydrogens (tertiary/aromatic N) is 2. The maximum Gasteiger partial charge on any atom is 0.231 e. The van der Waals surface area contributed by atoms with Crippen molar-refractivity contribution >= 4 is 23.3 Å². The number of benzene rings is 1. The van der Waals surface area contributed by atoms with Gasteiger partial charge in [-0.05, 0) is 24.6 Å². The van der Waals surface area contributed by atoms with Crippen molar-refractivity contribution in [2.75, 3.05) is 16.2 Å². The molecule has 0 aliphatic rings. The van der Waals surface area contributed by atoms with E-state index < -0.39 is 5.82 Å². The Morgan fingerprint density at radius 1 is 1.05 bits per heavy atom. The van der Waals surface area contributed by atoms with Crippen LogP contribution in [0, 0.1) is 12.7 Å².